The van der Waals surface area contributed by atoms with E-state index >= 15 is 0 Å². The monoisotopic (exact) mass is 342 g/mol. The minimum Gasteiger partial charge on any atom is -0.478 e. The summed E-state index contributed by atoms with van der Waals surface area (Å²) in [6.07, 6.45) is 0. The Morgan fingerprint density at radius 2 is 1.62 bits per heavy atom. The molecule has 0 spiro atoms. The van der Waals surface area contributed by atoms with Gasteiger partial charge in [-0.15, -0.1) is 0 Å². The first kappa shape index (κ1) is 16.9. The molecule has 26 heavy (non-hydrogen) atoms. The van der Waals surface area contributed by atoms with Crippen LogP contribution in [0.2, 0.25) is 0 Å². The lowest BCUT2D eigenvalue weighted by molar-refractivity contribution is 0.0698. The summed E-state index contributed by atoms with van der Waals surface area (Å²) in [4.78, 5) is 23.9. The second-order valence-corrected chi connectivity index (χ2v) is 5.58. The predicted octanol–water partition coefficient (Wildman–Crippen LogP) is 4.18. The Morgan fingerprint density at radius 3 is 2.31 bits per heavy atom. The first-order valence-electron chi connectivity index (χ1n) is 7.83. The molecular formula is C21H14N2O3. The van der Waals surface area contributed by atoms with Crippen LogP contribution in [-0.4, -0.2) is 17.0 Å². The molecule has 3 aromatic rings. The van der Waals surface area contributed by atoms with Gasteiger partial charge in [0.05, 0.1) is 22.9 Å². The van der Waals surface area contributed by atoms with Crippen molar-refractivity contribution in [2.24, 2.45) is 0 Å². The molecule has 0 heterocycles. The predicted molar refractivity (Wildman–Crippen MR) is 97.9 cm³/mol. The molecule has 0 atom stereocenters. The highest BCUT2D eigenvalue weighted by molar-refractivity contribution is 6.08. The number of rotatable bonds is 4. The number of nitrogens with one attached hydrogen (secondary N) is 1. The Bertz CT molecular complexity index is 1020. The molecule has 0 radical (unpaired) electrons. The van der Waals surface area contributed by atoms with E-state index in [2.05, 4.69) is 11.4 Å². The van der Waals surface area contributed by atoms with Crippen LogP contribution in [0.1, 0.15) is 26.3 Å². The average Bonchev–Trinajstić information content (AvgIpc) is 2.68. The first-order valence-corrected chi connectivity index (χ1v) is 7.83. The third-order valence-corrected chi connectivity index (χ3v) is 3.86. The van der Waals surface area contributed by atoms with Crippen molar-refractivity contribution in [2.75, 3.05) is 5.32 Å². The fraction of sp³-hybridized carbons (Fsp3) is 0. The van der Waals surface area contributed by atoms with Gasteiger partial charge in [0.1, 0.15) is 0 Å². The lowest BCUT2D eigenvalue weighted by Crippen LogP contribution is -2.14. The van der Waals surface area contributed by atoms with Gasteiger partial charge in [-0.1, -0.05) is 36.4 Å². The molecule has 0 aromatic heterocycles. The van der Waals surface area contributed by atoms with Gasteiger partial charge >= 0.3 is 5.97 Å². The van der Waals surface area contributed by atoms with Gasteiger partial charge in [0.2, 0.25) is 0 Å². The second kappa shape index (κ2) is 7.32. The van der Waals surface area contributed by atoms with E-state index in [9.17, 15) is 14.7 Å². The number of hydrogen-bond acceptors (Lipinski definition) is 3. The van der Waals surface area contributed by atoms with Gasteiger partial charge in [-0.3, -0.25) is 4.79 Å². The Hall–Kier alpha value is -3.91. The first-order chi connectivity index (χ1) is 12.6. The van der Waals surface area contributed by atoms with E-state index in [0.717, 1.165) is 5.56 Å². The van der Waals surface area contributed by atoms with E-state index in [1.165, 1.54) is 6.07 Å². The number of nitrogens with zero attached hydrogens (tertiary/aromatic N) is 1. The molecule has 3 aromatic carbocycles. The summed E-state index contributed by atoms with van der Waals surface area (Å²) >= 11 is 0. The van der Waals surface area contributed by atoms with Gasteiger partial charge in [0.25, 0.3) is 5.91 Å². The number of anilines is 1. The number of carbonyl (C=O) groups excluding carboxylic acids is 1. The average molecular weight is 342 g/mol. The number of carboxylic acid groups (broad SMARTS) is 1. The smallest absolute Gasteiger partial charge is 0.337 e. The molecule has 0 aliphatic heterocycles. The molecule has 5 heteroatoms. The zero-order valence-corrected chi connectivity index (χ0v) is 13.6. The molecule has 0 saturated carbocycles. The van der Waals surface area contributed by atoms with Crippen LogP contribution in [0.4, 0.5) is 5.69 Å². The number of nitriles is 1. The van der Waals surface area contributed by atoms with E-state index in [1.54, 1.807) is 60.7 Å². The van der Waals surface area contributed by atoms with Gasteiger partial charge in [0.15, 0.2) is 0 Å². The Labute approximate surface area is 150 Å². The normalized spacial score (nSPS) is 9.96. The minimum atomic E-state index is -1.13. The van der Waals surface area contributed by atoms with Crippen LogP contribution in [-0.2, 0) is 0 Å². The van der Waals surface area contributed by atoms with Crippen molar-refractivity contribution in [1.82, 2.24) is 0 Å². The van der Waals surface area contributed by atoms with Gasteiger partial charge in [-0.05, 0) is 47.5 Å². The van der Waals surface area contributed by atoms with Crippen LogP contribution >= 0.6 is 0 Å². The van der Waals surface area contributed by atoms with Crippen molar-refractivity contribution < 1.29 is 14.7 Å². The summed E-state index contributed by atoms with van der Waals surface area (Å²) in [7, 11) is 0. The lowest BCUT2D eigenvalue weighted by atomic mass is 10.0. The summed E-state index contributed by atoms with van der Waals surface area (Å²) in [6, 6.07) is 22.3. The van der Waals surface area contributed by atoms with Gasteiger partial charge < -0.3 is 10.4 Å². The van der Waals surface area contributed by atoms with Crippen molar-refractivity contribution in [3.05, 3.63) is 89.5 Å². The van der Waals surface area contributed by atoms with Crippen LogP contribution < -0.4 is 5.32 Å². The van der Waals surface area contributed by atoms with E-state index < -0.39 is 11.9 Å². The quantitative estimate of drug-likeness (QED) is 0.744. The maximum atomic E-state index is 12.4. The highest BCUT2D eigenvalue weighted by Crippen LogP contribution is 2.27. The molecular weight excluding hydrogens is 328 g/mol. The zero-order chi connectivity index (χ0) is 18.5. The summed E-state index contributed by atoms with van der Waals surface area (Å²) in [5.74, 6) is -1.53. The Balaban J connectivity index is 2.01. The van der Waals surface area contributed by atoms with Crippen LogP contribution in [0.3, 0.4) is 0 Å². The zero-order valence-electron chi connectivity index (χ0n) is 13.6. The molecule has 0 fully saturated rings. The molecule has 3 rings (SSSR count). The van der Waals surface area contributed by atoms with Gasteiger partial charge in [-0.2, -0.15) is 5.26 Å². The number of aromatic carboxylic acids is 1. The van der Waals surface area contributed by atoms with Gasteiger partial charge in [0, 0.05) is 5.56 Å². The summed E-state index contributed by atoms with van der Waals surface area (Å²) < 4.78 is 0. The largest absolute Gasteiger partial charge is 0.478 e. The molecule has 126 valence electrons. The molecule has 0 saturated heterocycles. The van der Waals surface area contributed by atoms with Crippen molar-refractivity contribution in [1.29, 1.82) is 5.26 Å². The van der Waals surface area contributed by atoms with Crippen molar-refractivity contribution in [3.8, 4) is 17.2 Å². The van der Waals surface area contributed by atoms with Crippen LogP contribution in [0.15, 0.2) is 72.8 Å². The van der Waals surface area contributed by atoms with Crippen LogP contribution in [0.5, 0.6) is 0 Å². The molecule has 1 amide bonds. The summed E-state index contributed by atoms with van der Waals surface area (Å²) in [5, 5.41) is 21.1. The number of carboxylic acids is 1. The standard InChI is InChI=1S/C21H14N2O3/c22-13-14-5-4-8-16(11-14)17-9-10-18(21(25)26)19(12-17)23-20(24)15-6-2-1-3-7-15/h1-12H,(H,23,24)(H,25,26). The molecule has 0 aliphatic rings. The maximum absolute atomic E-state index is 12.4. The maximum Gasteiger partial charge on any atom is 0.337 e. The minimum absolute atomic E-state index is 0.00512. The van der Waals surface area contributed by atoms with E-state index in [4.69, 9.17) is 5.26 Å². The Kier molecular flexibility index (Phi) is 4.77. The number of benzene rings is 3. The number of hydrogen-bond donors (Lipinski definition) is 2. The molecule has 5 nitrogen and oxygen atoms in total. The number of amides is 1. The summed E-state index contributed by atoms with van der Waals surface area (Å²) in [6.45, 7) is 0. The van der Waals surface area contributed by atoms with E-state index in [0.29, 0.717) is 16.7 Å². The molecule has 0 unspecified atom stereocenters. The van der Waals surface area contributed by atoms with Crippen molar-refractivity contribution >= 4 is 17.6 Å². The van der Waals surface area contributed by atoms with Crippen molar-refractivity contribution in [3.63, 3.8) is 0 Å². The third kappa shape index (κ3) is 3.60. The lowest BCUT2D eigenvalue weighted by Gasteiger charge is -2.11. The highest BCUT2D eigenvalue weighted by atomic mass is 16.4. The number of carbonyl (C=O) groups is 2. The highest BCUT2D eigenvalue weighted by Gasteiger charge is 2.15. The fourth-order valence-corrected chi connectivity index (χ4v) is 2.57. The molecule has 0 bridgehead atoms. The molecule has 0 aliphatic carbocycles. The van der Waals surface area contributed by atoms with E-state index in [1.807, 2.05) is 6.07 Å². The topological polar surface area (TPSA) is 90.2 Å². The fourth-order valence-electron chi connectivity index (χ4n) is 2.57. The van der Waals surface area contributed by atoms with Crippen LogP contribution in [0.25, 0.3) is 11.1 Å². The van der Waals surface area contributed by atoms with Gasteiger partial charge in [-0.25, -0.2) is 4.79 Å². The summed E-state index contributed by atoms with van der Waals surface area (Å²) in [5.41, 5.74) is 2.59. The third-order valence-electron chi connectivity index (χ3n) is 3.86. The van der Waals surface area contributed by atoms with Crippen molar-refractivity contribution in [2.45, 2.75) is 0 Å². The molecule has 2 N–H and O–H groups in total. The SMILES string of the molecule is N#Cc1cccc(-c2ccc(C(=O)O)c(NC(=O)c3ccccc3)c2)c1. The van der Waals surface area contributed by atoms with E-state index in [-0.39, 0.29) is 11.3 Å². The Morgan fingerprint density at radius 1 is 0.885 bits per heavy atom. The second-order valence-electron chi connectivity index (χ2n) is 5.58. The van der Waals surface area contributed by atoms with Crippen LogP contribution in [0, 0.1) is 11.3 Å².